The van der Waals surface area contributed by atoms with Gasteiger partial charge in [0.05, 0.1) is 51.8 Å². The van der Waals surface area contributed by atoms with E-state index in [0.29, 0.717) is 0 Å². The molecule has 0 radical (unpaired) electrons. The predicted octanol–water partition coefficient (Wildman–Crippen LogP) is -11.5. The van der Waals surface area contributed by atoms with E-state index in [0.717, 1.165) is 12.0 Å². The van der Waals surface area contributed by atoms with Gasteiger partial charge in [-0.05, 0) is 0 Å². The minimum Gasteiger partial charge on any atom is -0.477 e. The molecule has 0 saturated carbocycles. The molecule has 1 amide bonds. The number of hydrogen-bond acceptors (Lipinski definition) is 29. The van der Waals surface area contributed by atoms with Crippen LogP contribution in [0.15, 0.2) is 0 Å². The highest BCUT2D eigenvalue weighted by Gasteiger charge is 2.60. The average molecular weight is 1030 g/mol. The van der Waals surface area contributed by atoms with Crippen molar-refractivity contribution in [2.75, 3.05) is 53.2 Å². The molecule has 5 aliphatic rings. The summed E-state index contributed by atoms with van der Waals surface area (Å²) in [6.45, 7) is -2.51. The van der Waals surface area contributed by atoms with Gasteiger partial charge in [-0.2, -0.15) is 5.06 Å². The number of hydroxylamine groups is 2. The van der Waals surface area contributed by atoms with Crippen molar-refractivity contribution in [3.8, 4) is 0 Å². The van der Waals surface area contributed by atoms with Crippen molar-refractivity contribution in [2.24, 2.45) is 11.7 Å². The molecule has 5 aliphatic heterocycles. The number of hydrogen-bond donors (Lipinski definition) is 18. The summed E-state index contributed by atoms with van der Waals surface area (Å²) in [4.78, 5) is 30.9. The normalized spacial score (nSPS) is 45.8. The Hall–Kier alpha value is -2.14. The van der Waals surface area contributed by atoms with Gasteiger partial charge in [0.2, 0.25) is 5.91 Å². The van der Waals surface area contributed by atoms with E-state index in [1.807, 2.05) is 0 Å². The maximum atomic E-state index is 12.9. The van der Waals surface area contributed by atoms with E-state index in [-0.39, 0.29) is 13.2 Å². The number of aliphatic hydroxyl groups excluding tert-OH is 15. The Kier molecular flexibility index (Phi) is 21.3. The number of nitrogens with zero attached hydrogens (tertiary/aromatic N) is 1. The topological polar surface area (TPSA) is 491 Å². The summed E-state index contributed by atoms with van der Waals surface area (Å²) in [5, 5.41) is 175. The van der Waals surface area contributed by atoms with Crippen molar-refractivity contribution in [3.63, 3.8) is 0 Å². The number of aliphatic hydroxyl groups is 15. The van der Waals surface area contributed by atoms with E-state index in [1.165, 1.54) is 14.0 Å². The van der Waals surface area contributed by atoms with Crippen LogP contribution in [0.1, 0.15) is 20.3 Å². The first-order valence-corrected chi connectivity index (χ1v) is 22.4. The molecule has 19 N–H and O–H groups in total. The van der Waals surface area contributed by atoms with Gasteiger partial charge in [0.1, 0.15) is 110 Å². The number of likely N-dealkylation sites (N-methyl/N-ethyl adjacent to an activating group) is 1. The van der Waals surface area contributed by atoms with Crippen LogP contribution in [0.5, 0.6) is 0 Å². The molecule has 5 rings (SSSR count). The molecule has 5 heterocycles. The number of amides is 1. The summed E-state index contributed by atoms with van der Waals surface area (Å²) in [5.41, 5.74) is 5.45. The first-order valence-electron chi connectivity index (χ1n) is 22.4. The Labute approximate surface area is 398 Å². The molecule has 26 atom stereocenters. The predicted molar refractivity (Wildman–Crippen MR) is 219 cm³/mol. The molecule has 70 heavy (non-hydrogen) atoms. The lowest BCUT2D eigenvalue weighted by Gasteiger charge is -2.51. The SMILES string of the molecule is CC(=O)NC1[C@H](O[C@H]2C(CO)O[C@@H](O[C@@H]3C(CO)O[C@@H](N(C)OCCN)C(O)[C@H]3O)C(O)[C@H]2O)OC(CO)[C@H](O)[C@@H]1O[C@@H]1OC(CO)[C@H](O)[C@H](O[C@]2(C(=O)O)CC(O)[C@@H](C)[C@H]([C@@H](O)[C@H](O)CO)O2)C1O. The first-order chi connectivity index (χ1) is 33.0. The summed E-state index contributed by atoms with van der Waals surface area (Å²) in [7, 11) is 1.36. The maximum absolute atomic E-state index is 12.9. The van der Waals surface area contributed by atoms with Crippen LogP contribution in [-0.4, -0.2) is 305 Å². The van der Waals surface area contributed by atoms with Gasteiger partial charge in [-0.1, -0.05) is 6.92 Å². The van der Waals surface area contributed by atoms with Gasteiger partial charge >= 0.3 is 5.97 Å². The second kappa shape index (κ2) is 25.4. The zero-order valence-electron chi connectivity index (χ0n) is 38.2. The van der Waals surface area contributed by atoms with Crippen molar-refractivity contribution in [1.29, 1.82) is 0 Å². The van der Waals surface area contributed by atoms with Gasteiger partial charge < -0.3 is 135 Å². The lowest BCUT2D eigenvalue weighted by Crippen LogP contribution is -2.70. The number of carboxylic acid groups (broad SMARTS) is 1. The standard InChI is InChI=1S/C39H69N3O28/c1-12-14(49)6-39(38(59)60,69-29(12)21(51)15(50)7-43)70-33-23(53)17(9-45)64-37(28(33)58)68-32-20(41-13(2)48)35(63-16(8-44)22(32)52)66-31-19(11-47)65-36(27(57)25(31)55)67-30-18(10-46)62-34(26(56)24(30)54)42(3)61-5-4-40/h12,14-37,43-47,49-58H,4-11,40H2,1-3H3,(H,41,48)(H,59,60)/t12-,14?,15-,16?,17?,18?,19?,20?,21+,22+,23+,24-,25-,26?,27?,28?,29-,30-,31+,32-,33+,34-,35+,36+,37+,39+/m1/s1. The van der Waals surface area contributed by atoms with E-state index < -0.39 is 210 Å². The molecule has 0 aromatic carbocycles. The van der Waals surface area contributed by atoms with E-state index in [1.54, 1.807) is 0 Å². The molecule has 0 spiro atoms. The van der Waals surface area contributed by atoms with Crippen LogP contribution in [0.4, 0.5) is 0 Å². The van der Waals surface area contributed by atoms with E-state index in [2.05, 4.69) is 5.32 Å². The molecule has 0 bridgehead atoms. The number of carbonyl (C=O) groups excluding carboxylic acids is 1. The van der Waals surface area contributed by atoms with Crippen LogP contribution in [-0.2, 0) is 57.1 Å². The fourth-order valence-electron chi connectivity index (χ4n) is 8.89. The van der Waals surface area contributed by atoms with Crippen LogP contribution >= 0.6 is 0 Å². The summed E-state index contributed by atoms with van der Waals surface area (Å²) in [6, 6.07) is -1.78. The Morgan fingerprint density at radius 1 is 0.700 bits per heavy atom. The molecule has 31 heteroatoms. The van der Waals surface area contributed by atoms with Gasteiger partial charge in [-0.15, -0.1) is 0 Å². The minimum atomic E-state index is -3.02. The third-order valence-electron chi connectivity index (χ3n) is 12.8. The molecule has 0 aliphatic carbocycles. The second-order valence-corrected chi connectivity index (χ2v) is 17.6. The Bertz CT molecular complexity index is 1650. The Morgan fingerprint density at radius 2 is 1.20 bits per heavy atom. The lowest BCUT2D eigenvalue weighted by molar-refractivity contribution is -0.390. The monoisotopic (exact) mass is 1030 g/mol. The molecule has 0 aromatic heterocycles. The van der Waals surface area contributed by atoms with Crippen LogP contribution in [0.3, 0.4) is 0 Å². The van der Waals surface area contributed by atoms with Crippen molar-refractivity contribution >= 4 is 11.9 Å². The fourth-order valence-corrected chi connectivity index (χ4v) is 8.89. The highest BCUT2D eigenvalue weighted by Crippen LogP contribution is 2.41. The zero-order valence-corrected chi connectivity index (χ0v) is 38.2. The van der Waals surface area contributed by atoms with E-state index in [9.17, 15) is 91.3 Å². The van der Waals surface area contributed by atoms with Crippen LogP contribution in [0.2, 0.25) is 0 Å². The summed E-state index contributed by atoms with van der Waals surface area (Å²) < 4.78 is 51.9. The number of rotatable bonds is 21. The second-order valence-electron chi connectivity index (χ2n) is 17.6. The molecule has 5 fully saturated rings. The van der Waals surface area contributed by atoms with Crippen LogP contribution in [0, 0.1) is 5.92 Å². The van der Waals surface area contributed by atoms with Gasteiger partial charge in [0, 0.05) is 32.9 Å². The molecule has 31 nitrogen and oxygen atoms in total. The molecule has 0 aromatic rings. The van der Waals surface area contributed by atoms with E-state index >= 15 is 0 Å². The first kappa shape index (κ1) is 58.7. The Morgan fingerprint density at radius 3 is 1.74 bits per heavy atom. The zero-order chi connectivity index (χ0) is 52.1. The van der Waals surface area contributed by atoms with Crippen molar-refractivity contribution in [3.05, 3.63) is 0 Å². The highest BCUT2D eigenvalue weighted by atomic mass is 16.8. The minimum absolute atomic E-state index is 0.000554. The van der Waals surface area contributed by atoms with Crippen molar-refractivity contribution < 1.29 is 139 Å². The average Bonchev–Trinajstić information content (AvgIpc) is 3.33. The van der Waals surface area contributed by atoms with Gasteiger partial charge in [-0.25, -0.2) is 4.79 Å². The number of carbonyl (C=O) groups is 2. The quantitative estimate of drug-likeness (QED) is 0.0475. The van der Waals surface area contributed by atoms with E-state index in [4.69, 9.17) is 53.2 Å². The molecule has 9 unspecified atom stereocenters. The number of aliphatic carboxylic acids is 1. The third-order valence-corrected chi connectivity index (χ3v) is 12.8. The fraction of sp³-hybridized carbons (Fsp3) is 0.949. The maximum Gasteiger partial charge on any atom is 0.364 e. The van der Waals surface area contributed by atoms with Gasteiger partial charge in [0.15, 0.2) is 25.1 Å². The largest absolute Gasteiger partial charge is 0.477 e. The van der Waals surface area contributed by atoms with Gasteiger partial charge in [-0.3, -0.25) is 9.63 Å². The summed E-state index contributed by atoms with van der Waals surface area (Å²) in [6.07, 6.45) is -44.2. The third kappa shape index (κ3) is 12.5. The molecular formula is C39H69N3O28. The molecular weight excluding hydrogens is 958 g/mol. The summed E-state index contributed by atoms with van der Waals surface area (Å²) in [5.74, 6) is -6.95. The lowest BCUT2D eigenvalue weighted by atomic mass is 9.84. The number of nitrogens with two attached hydrogens (primary N) is 1. The number of nitrogens with one attached hydrogen (secondary N) is 1. The molecule has 5 saturated heterocycles. The number of carboxylic acids is 1. The highest BCUT2D eigenvalue weighted by molar-refractivity contribution is 5.76. The van der Waals surface area contributed by atoms with Crippen molar-refractivity contribution in [2.45, 2.75) is 173 Å². The van der Waals surface area contributed by atoms with Crippen molar-refractivity contribution in [1.82, 2.24) is 10.4 Å². The smallest absolute Gasteiger partial charge is 0.364 e. The number of ether oxygens (including phenoxy) is 9. The van der Waals surface area contributed by atoms with Crippen LogP contribution in [0.25, 0.3) is 0 Å². The molecule has 408 valence electrons. The Balaban J connectivity index is 1.39. The summed E-state index contributed by atoms with van der Waals surface area (Å²) >= 11 is 0. The van der Waals surface area contributed by atoms with Gasteiger partial charge in [0.25, 0.3) is 5.79 Å². The van der Waals surface area contributed by atoms with Crippen LogP contribution < -0.4 is 11.1 Å².